The van der Waals surface area contributed by atoms with Crippen LogP contribution >= 0.6 is 0 Å². The fraction of sp³-hybridized carbons (Fsp3) is 0.355. The van der Waals surface area contributed by atoms with Crippen LogP contribution in [-0.4, -0.2) is 75.6 Å². The highest BCUT2D eigenvalue weighted by Crippen LogP contribution is 2.27. The van der Waals surface area contributed by atoms with Crippen LogP contribution in [-0.2, 0) is 17.6 Å². The molecule has 0 unspecified atom stereocenters. The normalized spacial score (nSPS) is 17.5. The molecule has 0 spiro atoms. The van der Waals surface area contributed by atoms with E-state index in [-0.39, 0.29) is 36.6 Å². The number of amides is 2. The number of carbonyl (C=O) groups excluding carboxylic acids is 2. The van der Waals surface area contributed by atoms with Crippen LogP contribution in [0.25, 0.3) is 0 Å². The second-order valence-corrected chi connectivity index (χ2v) is 9.98. The van der Waals surface area contributed by atoms with Crippen molar-refractivity contribution in [1.29, 1.82) is 0 Å². The van der Waals surface area contributed by atoms with E-state index in [1.54, 1.807) is 47.6 Å². The van der Waals surface area contributed by atoms with Crippen molar-refractivity contribution in [2.24, 2.45) is 5.92 Å². The highest BCUT2D eigenvalue weighted by Gasteiger charge is 2.34. The van der Waals surface area contributed by atoms with Crippen molar-refractivity contribution in [2.45, 2.75) is 38.8 Å². The smallest absolute Gasteiger partial charge is 0.259 e. The minimum atomic E-state index is -0.421. The van der Waals surface area contributed by atoms with Gasteiger partial charge in [-0.2, -0.15) is 0 Å². The van der Waals surface area contributed by atoms with Crippen LogP contribution < -0.4 is 4.74 Å². The number of fused-ring (bicyclic) bond motifs is 1. The minimum Gasteiger partial charge on any atom is -0.472 e. The van der Waals surface area contributed by atoms with Gasteiger partial charge < -0.3 is 19.6 Å². The van der Waals surface area contributed by atoms with Gasteiger partial charge in [0.1, 0.15) is 11.7 Å². The molecule has 0 radical (unpaired) electrons. The highest BCUT2D eigenvalue weighted by molar-refractivity contribution is 5.97. The second kappa shape index (κ2) is 13.0. The van der Waals surface area contributed by atoms with Crippen LogP contribution in [0.1, 0.15) is 40.9 Å². The average Bonchev–Trinajstić information content (AvgIpc) is 2.95. The predicted molar refractivity (Wildman–Crippen MR) is 148 cm³/mol. The van der Waals surface area contributed by atoms with Gasteiger partial charge in [0, 0.05) is 50.1 Å². The molecule has 2 aromatic heterocycles. The molecule has 1 N–H and O–H groups in total. The van der Waals surface area contributed by atoms with Crippen molar-refractivity contribution in [2.75, 3.05) is 26.7 Å². The minimum absolute atomic E-state index is 0.0604. The molecule has 8 heteroatoms. The van der Waals surface area contributed by atoms with Crippen LogP contribution in [0.3, 0.4) is 0 Å². The molecule has 2 amide bonds. The maximum absolute atomic E-state index is 13.6. The van der Waals surface area contributed by atoms with E-state index in [0.717, 1.165) is 11.1 Å². The molecular weight excluding hydrogens is 492 g/mol. The van der Waals surface area contributed by atoms with Gasteiger partial charge in [0.15, 0.2) is 0 Å². The number of aliphatic hydroxyl groups is 1. The van der Waals surface area contributed by atoms with Crippen molar-refractivity contribution >= 4 is 11.8 Å². The molecule has 8 nitrogen and oxygen atoms in total. The van der Waals surface area contributed by atoms with Crippen molar-refractivity contribution in [3.8, 4) is 17.7 Å². The summed E-state index contributed by atoms with van der Waals surface area (Å²) in [4.78, 5) is 38.4. The van der Waals surface area contributed by atoms with E-state index in [1.165, 1.54) is 0 Å². The molecule has 1 aliphatic heterocycles. The number of nitrogens with zero attached hydrogens (tertiary/aromatic N) is 4. The third-order valence-corrected chi connectivity index (χ3v) is 6.85. The highest BCUT2D eigenvalue weighted by atomic mass is 16.5. The Morgan fingerprint density at radius 2 is 1.97 bits per heavy atom. The Bertz CT molecular complexity index is 1340. The van der Waals surface area contributed by atoms with Gasteiger partial charge in [-0.05, 0) is 30.2 Å². The first-order valence-corrected chi connectivity index (χ1v) is 13.1. The van der Waals surface area contributed by atoms with Gasteiger partial charge in [-0.15, -0.1) is 0 Å². The molecule has 39 heavy (non-hydrogen) atoms. The lowest BCUT2D eigenvalue weighted by atomic mass is 9.99. The van der Waals surface area contributed by atoms with Crippen molar-refractivity contribution in [1.82, 2.24) is 19.8 Å². The Kier molecular flexibility index (Phi) is 9.29. The van der Waals surface area contributed by atoms with E-state index in [9.17, 15) is 14.7 Å². The van der Waals surface area contributed by atoms with Crippen LogP contribution in [0.5, 0.6) is 5.88 Å². The number of aliphatic hydroxyl groups excluding tert-OH is 1. The summed E-state index contributed by atoms with van der Waals surface area (Å²) in [7, 11) is 1.74. The topological polar surface area (TPSA) is 95.9 Å². The SMILES string of the molecule is C[C@H]1CN([C@@H](C)CO)C(=O)c2cc(C#CCc3ccccc3)cnc2O[C@H]1CN(C)C(=O)Cc1cccnc1. The van der Waals surface area contributed by atoms with E-state index >= 15 is 0 Å². The Morgan fingerprint density at radius 1 is 1.21 bits per heavy atom. The Balaban J connectivity index is 1.57. The second-order valence-electron chi connectivity index (χ2n) is 9.98. The van der Waals surface area contributed by atoms with E-state index in [1.807, 2.05) is 50.2 Å². The zero-order chi connectivity index (χ0) is 27.8. The molecule has 0 aliphatic carbocycles. The van der Waals surface area contributed by atoms with E-state index < -0.39 is 12.1 Å². The number of likely N-dealkylation sites (N-methyl/N-ethyl adjacent to an activating group) is 1. The monoisotopic (exact) mass is 526 g/mol. The van der Waals surface area contributed by atoms with Gasteiger partial charge in [-0.25, -0.2) is 4.98 Å². The summed E-state index contributed by atoms with van der Waals surface area (Å²) in [5, 5.41) is 9.88. The van der Waals surface area contributed by atoms with Gasteiger partial charge in [0.25, 0.3) is 5.91 Å². The van der Waals surface area contributed by atoms with E-state index in [2.05, 4.69) is 21.8 Å². The van der Waals surface area contributed by atoms with Crippen molar-refractivity contribution < 1.29 is 19.4 Å². The van der Waals surface area contributed by atoms with E-state index in [4.69, 9.17) is 4.74 Å². The third kappa shape index (κ3) is 7.21. The lowest BCUT2D eigenvalue weighted by Crippen LogP contribution is -2.50. The number of ether oxygens (including phenoxy) is 1. The van der Waals surface area contributed by atoms with Crippen LogP contribution in [0.2, 0.25) is 0 Å². The molecule has 3 heterocycles. The number of carbonyl (C=O) groups is 2. The summed E-state index contributed by atoms with van der Waals surface area (Å²) in [5.74, 6) is 5.99. The third-order valence-electron chi connectivity index (χ3n) is 6.85. The number of rotatable bonds is 7. The van der Waals surface area contributed by atoms with Crippen LogP contribution in [0, 0.1) is 17.8 Å². The van der Waals surface area contributed by atoms with E-state index in [0.29, 0.717) is 30.6 Å². The summed E-state index contributed by atoms with van der Waals surface area (Å²) >= 11 is 0. The first-order valence-electron chi connectivity index (χ1n) is 13.1. The fourth-order valence-corrected chi connectivity index (χ4v) is 4.42. The Morgan fingerprint density at radius 3 is 2.69 bits per heavy atom. The van der Waals surface area contributed by atoms with Gasteiger partial charge >= 0.3 is 0 Å². The van der Waals surface area contributed by atoms with Crippen molar-refractivity contribution in [3.63, 3.8) is 0 Å². The molecule has 202 valence electrons. The fourth-order valence-electron chi connectivity index (χ4n) is 4.42. The first-order chi connectivity index (χ1) is 18.9. The zero-order valence-corrected chi connectivity index (χ0v) is 22.6. The Hall–Kier alpha value is -4.22. The summed E-state index contributed by atoms with van der Waals surface area (Å²) in [6, 6.07) is 14.9. The molecular formula is C31H34N4O4. The van der Waals surface area contributed by atoms with Gasteiger partial charge in [-0.3, -0.25) is 14.6 Å². The van der Waals surface area contributed by atoms with Crippen molar-refractivity contribution in [3.05, 3.63) is 89.4 Å². The molecule has 0 saturated carbocycles. The number of benzene rings is 1. The molecule has 1 aliphatic rings. The molecule has 0 fully saturated rings. The van der Waals surface area contributed by atoms with Crippen LogP contribution in [0.15, 0.2) is 67.1 Å². The number of pyridine rings is 2. The largest absolute Gasteiger partial charge is 0.472 e. The average molecular weight is 527 g/mol. The number of hydrogen-bond acceptors (Lipinski definition) is 6. The summed E-state index contributed by atoms with van der Waals surface area (Å²) in [6.07, 6.45) is 5.35. The quantitative estimate of drug-likeness (QED) is 0.476. The standard InChI is InChI=1S/C31H34N4O4/c1-22-19-35(23(2)21-36)31(38)27-15-25(12-7-11-24-9-5-4-6-10-24)18-33-30(27)39-28(22)20-34(3)29(37)16-26-13-8-14-32-17-26/h4-6,8-10,13-15,17-18,22-23,28,36H,11,16,19-21H2,1-3H3/t22-,23-,28-/m0/s1. The van der Waals surface area contributed by atoms with Crippen LogP contribution in [0.4, 0.5) is 0 Å². The molecule has 4 rings (SSSR count). The lowest BCUT2D eigenvalue weighted by molar-refractivity contribution is -0.130. The molecule has 3 aromatic rings. The predicted octanol–water partition coefficient (Wildman–Crippen LogP) is 2.99. The lowest BCUT2D eigenvalue weighted by Gasteiger charge is -2.37. The maximum Gasteiger partial charge on any atom is 0.259 e. The maximum atomic E-state index is 13.6. The van der Waals surface area contributed by atoms with Gasteiger partial charge in [-0.1, -0.05) is 55.2 Å². The molecule has 3 atom stereocenters. The van der Waals surface area contributed by atoms with Gasteiger partial charge in [0.05, 0.1) is 25.6 Å². The first kappa shape index (κ1) is 27.8. The number of aromatic nitrogens is 2. The summed E-state index contributed by atoms with van der Waals surface area (Å²) in [5.41, 5.74) is 2.84. The summed E-state index contributed by atoms with van der Waals surface area (Å²) < 4.78 is 6.31. The molecule has 0 bridgehead atoms. The number of hydrogen-bond donors (Lipinski definition) is 1. The Labute approximate surface area is 229 Å². The zero-order valence-electron chi connectivity index (χ0n) is 22.6. The summed E-state index contributed by atoms with van der Waals surface area (Å²) in [6.45, 7) is 4.28. The van der Waals surface area contributed by atoms with Gasteiger partial charge in [0.2, 0.25) is 11.8 Å². The molecule has 0 saturated heterocycles. The molecule has 1 aromatic carbocycles.